The van der Waals surface area contributed by atoms with Crippen molar-refractivity contribution in [2.75, 3.05) is 32.8 Å². The second-order valence-corrected chi connectivity index (χ2v) is 12.9. The number of likely N-dealkylation sites (tertiary alicyclic amines) is 1. The summed E-state index contributed by atoms with van der Waals surface area (Å²) in [6, 6.07) is 13.1. The van der Waals surface area contributed by atoms with Crippen LogP contribution in [0.5, 0.6) is 5.75 Å². The molecule has 0 spiro atoms. The van der Waals surface area contributed by atoms with Gasteiger partial charge in [-0.1, -0.05) is 12.8 Å². The molecule has 0 bridgehead atoms. The minimum absolute atomic E-state index is 0.334. The number of hydrogen-bond acceptors (Lipinski definition) is 7. The summed E-state index contributed by atoms with van der Waals surface area (Å²) in [5.74, 6) is 0.988. The number of fused-ring (bicyclic) bond motifs is 2. The Kier molecular flexibility index (Phi) is 8.35. The average molecular weight is 631 g/mol. The van der Waals surface area contributed by atoms with Crippen molar-refractivity contribution in [3.63, 3.8) is 0 Å². The number of aromatic nitrogens is 6. The van der Waals surface area contributed by atoms with Crippen LogP contribution in [0.25, 0.3) is 55.7 Å². The molecule has 6 aromatic rings. The predicted molar refractivity (Wildman–Crippen MR) is 182 cm³/mol. The lowest BCUT2D eigenvalue weighted by atomic mass is 10.0. The van der Waals surface area contributed by atoms with E-state index in [2.05, 4.69) is 52.5 Å². The highest BCUT2D eigenvalue weighted by molar-refractivity contribution is 5.99. The molecular weight excluding hydrogens is 591 g/mol. The van der Waals surface area contributed by atoms with Crippen LogP contribution in [0.4, 0.5) is 4.39 Å². The van der Waals surface area contributed by atoms with Gasteiger partial charge in [-0.15, -0.1) is 0 Å². The summed E-state index contributed by atoms with van der Waals surface area (Å²) in [5, 5.41) is 13.1. The number of halogens is 1. The first-order chi connectivity index (χ1) is 23.2. The molecule has 1 aliphatic heterocycles. The van der Waals surface area contributed by atoms with Crippen LogP contribution in [0.2, 0.25) is 0 Å². The Morgan fingerprint density at radius 1 is 0.872 bits per heavy atom. The lowest BCUT2D eigenvalue weighted by Crippen LogP contribution is -2.25. The maximum absolute atomic E-state index is 14.8. The van der Waals surface area contributed by atoms with E-state index >= 15 is 0 Å². The van der Waals surface area contributed by atoms with Gasteiger partial charge in [0.2, 0.25) is 0 Å². The maximum Gasteiger partial charge on any atom is 0.155 e. The van der Waals surface area contributed by atoms with Gasteiger partial charge in [0.05, 0.1) is 5.69 Å². The Labute approximate surface area is 273 Å². The Hall–Kier alpha value is -4.67. The van der Waals surface area contributed by atoms with Crippen molar-refractivity contribution in [1.29, 1.82) is 0 Å². The molecule has 5 aromatic heterocycles. The predicted octanol–water partition coefficient (Wildman–Crippen LogP) is 7.12. The zero-order valence-corrected chi connectivity index (χ0v) is 26.4. The van der Waals surface area contributed by atoms with Crippen molar-refractivity contribution in [3.8, 4) is 39.4 Å². The van der Waals surface area contributed by atoms with Gasteiger partial charge in [-0.2, -0.15) is 5.10 Å². The van der Waals surface area contributed by atoms with Gasteiger partial charge in [0.1, 0.15) is 29.5 Å². The van der Waals surface area contributed by atoms with Gasteiger partial charge in [-0.05, 0) is 104 Å². The molecule has 0 amide bonds. The maximum atomic E-state index is 14.8. The van der Waals surface area contributed by atoms with Crippen LogP contribution in [0, 0.1) is 11.7 Å². The zero-order chi connectivity index (χ0) is 31.6. The molecule has 1 saturated heterocycles. The molecule has 8 rings (SSSR count). The molecule has 3 N–H and O–H groups in total. The van der Waals surface area contributed by atoms with Crippen molar-refractivity contribution in [1.82, 2.24) is 40.3 Å². The zero-order valence-electron chi connectivity index (χ0n) is 26.4. The summed E-state index contributed by atoms with van der Waals surface area (Å²) >= 11 is 0. The topological polar surface area (TPSA) is 108 Å². The normalized spacial score (nSPS) is 15.8. The number of benzene rings is 1. The van der Waals surface area contributed by atoms with Gasteiger partial charge < -0.3 is 15.0 Å². The molecule has 0 unspecified atom stereocenters. The number of aromatic amines is 2. The minimum Gasteiger partial charge on any atom is -0.492 e. The third-order valence-electron chi connectivity index (χ3n) is 9.63. The van der Waals surface area contributed by atoms with E-state index < -0.39 is 0 Å². The van der Waals surface area contributed by atoms with E-state index in [9.17, 15) is 4.39 Å². The van der Waals surface area contributed by atoms with E-state index in [0.29, 0.717) is 23.7 Å². The first kappa shape index (κ1) is 29.7. The fraction of sp³-hybridized carbons (Fsp3) is 0.351. The van der Waals surface area contributed by atoms with Crippen LogP contribution in [-0.4, -0.2) is 67.8 Å². The molecule has 1 aliphatic carbocycles. The first-order valence-electron chi connectivity index (χ1n) is 16.8. The molecule has 1 saturated carbocycles. The third-order valence-corrected chi connectivity index (χ3v) is 9.63. The fourth-order valence-electron chi connectivity index (χ4n) is 7.15. The highest BCUT2D eigenvalue weighted by Crippen LogP contribution is 2.35. The molecule has 2 aliphatic rings. The van der Waals surface area contributed by atoms with Gasteiger partial charge >= 0.3 is 0 Å². The Morgan fingerprint density at radius 2 is 1.74 bits per heavy atom. The molecular formula is C37H39FN8O. The van der Waals surface area contributed by atoms with E-state index in [1.165, 1.54) is 44.6 Å². The van der Waals surface area contributed by atoms with Crippen LogP contribution in [0.3, 0.4) is 0 Å². The van der Waals surface area contributed by atoms with E-state index in [1.807, 2.05) is 36.8 Å². The smallest absolute Gasteiger partial charge is 0.155 e. The van der Waals surface area contributed by atoms with E-state index in [0.717, 1.165) is 88.6 Å². The second kappa shape index (κ2) is 13.2. The monoisotopic (exact) mass is 630 g/mol. The first-order valence-corrected chi connectivity index (χ1v) is 16.8. The largest absolute Gasteiger partial charge is 0.492 e. The molecule has 240 valence electrons. The molecule has 47 heavy (non-hydrogen) atoms. The summed E-state index contributed by atoms with van der Waals surface area (Å²) in [7, 11) is 0. The summed E-state index contributed by atoms with van der Waals surface area (Å²) in [6.07, 6.45) is 15.2. The van der Waals surface area contributed by atoms with E-state index in [1.54, 1.807) is 12.3 Å². The van der Waals surface area contributed by atoms with Crippen molar-refractivity contribution >= 4 is 22.1 Å². The number of rotatable bonds is 11. The van der Waals surface area contributed by atoms with Gasteiger partial charge in [0.15, 0.2) is 5.65 Å². The SMILES string of the molecule is Fc1cc(OCCN2CCCC2)cc(-c2ccnc3[nH]c(-c4n[nH]c5ncc(-c6cncc(CNCC7CCCC7)c6)cc45)cc23)c1. The lowest BCUT2D eigenvalue weighted by molar-refractivity contribution is 0.237. The minimum atomic E-state index is -0.334. The van der Waals surface area contributed by atoms with Crippen LogP contribution < -0.4 is 10.1 Å². The number of pyridine rings is 3. The van der Waals surface area contributed by atoms with Crippen LogP contribution in [0.1, 0.15) is 44.1 Å². The number of nitrogens with zero attached hydrogens (tertiary/aromatic N) is 5. The molecule has 1 aromatic carbocycles. The van der Waals surface area contributed by atoms with Crippen molar-refractivity contribution in [2.24, 2.45) is 5.92 Å². The molecule has 0 radical (unpaired) electrons. The van der Waals surface area contributed by atoms with Crippen LogP contribution >= 0.6 is 0 Å². The standard InChI is InChI=1S/C37H39FN8O/c38-29-14-26(15-30(17-29)47-12-11-46-9-3-4-10-46)31-7-8-41-36-32(31)18-34(43-36)35-33-16-28(23-42-37(33)45-44-35)27-13-25(21-40-22-27)20-39-19-24-5-1-2-6-24/h7-8,13-18,21-24,39H,1-6,9-12,19-20H2,(H,41,43)(H,42,44,45). The summed E-state index contributed by atoms with van der Waals surface area (Å²) < 4.78 is 20.8. The molecule has 6 heterocycles. The quantitative estimate of drug-likeness (QED) is 0.140. The van der Waals surface area contributed by atoms with E-state index in [-0.39, 0.29) is 5.82 Å². The van der Waals surface area contributed by atoms with Crippen molar-refractivity contribution < 1.29 is 9.13 Å². The average Bonchev–Trinajstić information content (AvgIpc) is 3.91. The third kappa shape index (κ3) is 6.48. The van der Waals surface area contributed by atoms with Gasteiger partial charge in [-0.25, -0.2) is 14.4 Å². The van der Waals surface area contributed by atoms with Gasteiger partial charge in [0.25, 0.3) is 0 Å². The van der Waals surface area contributed by atoms with Gasteiger partial charge in [-0.3, -0.25) is 15.0 Å². The lowest BCUT2D eigenvalue weighted by Gasteiger charge is -2.15. The van der Waals surface area contributed by atoms with Gasteiger partial charge in [0, 0.05) is 65.8 Å². The van der Waals surface area contributed by atoms with E-state index in [4.69, 9.17) is 4.74 Å². The highest BCUT2D eigenvalue weighted by atomic mass is 19.1. The molecule has 9 nitrogen and oxygen atoms in total. The number of nitrogens with one attached hydrogen (secondary N) is 3. The van der Waals surface area contributed by atoms with Crippen LogP contribution in [0.15, 0.2) is 67.3 Å². The molecule has 2 fully saturated rings. The van der Waals surface area contributed by atoms with Crippen molar-refractivity contribution in [2.45, 2.75) is 45.1 Å². The second-order valence-electron chi connectivity index (χ2n) is 12.9. The summed E-state index contributed by atoms with van der Waals surface area (Å²) in [5.41, 5.74) is 7.66. The Bertz CT molecular complexity index is 2010. The summed E-state index contributed by atoms with van der Waals surface area (Å²) in [4.78, 5) is 19.6. The highest BCUT2D eigenvalue weighted by Gasteiger charge is 2.18. The van der Waals surface area contributed by atoms with Crippen LogP contribution in [-0.2, 0) is 6.54 Å². The number of ether oxygens (including phenoxy) is 1. The Morgan fingerprint density at radius 3 is 2.64 bits per heavy atom. The fourth-order valence-corrected chi connectivity index (χ4v) is 7.15. The molecule has 10 heteroatoms. The Balaban J connectivity index is 1.05. The number of hydrogen-bond donors (Lipinski definition) is 3. The number of H-pyrrole nitrogens is 2. The van der Waals surface area contributed by atoms with Crippen molar-refractivity contribution in [3.05, 3.63) is 78.6 Å². The summed E-state index contributed by atoms with van der Waals surface area (Å²) in [6.45, 7) is 5.45. The molecule has 0 atom stereocenters.